The van der Waals surface area contributed by atoms with Crippen LogP contribution in [0.3, 0.4) is 0 Å². The largest absolute Gasteiger partial charge is 0.385 e. The van der Waals surface area contributed by atoms with E-state index < -0.39 is 5.60 Å². The molecule has 1 heterocycles. The van der Waals surface area contributed by atoms with Gasteiger partial charge in [0, 0.05) is 0 Å². The lowest BCUT2D eigenvalue weighted by Gasteiger charge is -2.37. The molecule has 1 aromatic rings. The van der Waals surface area contributed by atoms with Crippen LogP contribution in [0, 0.1) is 11.8 Å². The van der Waals surface area contributed by atoms with E-state index >= 15 is 0 Å². The third-order valence-corrected chi connectivity index (χ3v) is 4.54. The number of thiophene rings is 1. The molecule has 0 bridgehead atoms. The third-order valence-electron chi connectivity index (χ3n) is 3.86. The lowest BCUT2D eigenvalue weighted by Crippen LogP contribution is -2.32. The monoisotopic (exact) mass is 224 g/mol. The Hall–Kier alpha value is -0.340. The second kappa shape index (κ2) is 4.26. The lowest BCUT2D eigenvalue weighted by atomic mass is 9.72. The van der Waals surface area contributed by atoms with Crippen molar-refractivity contribution in [2.24, 2.45) is 11.8 Å². The van der Waals surface area contributed by atoms with E-state index in [9.17, 15) is 5.11 Å². The van der Waals surface area contributed by atoms with Crippen LogP contribution in [-0.4, -0.2) is 5.11 Å². The second-order valence-corrected chi connectivity index (χ2v) is 5.91. The van der Waals surface area contributed by atoms with Crippen molar-refractivity contribution in [3.63, 3.8) is 0 Å². The fraction of sp³-hybridized carbons (Fsp3) is 0.692. The first-order valence-corrected chi connectivity index (χ1v) is 6.81. The van der Waals surface area contributed by atoms with Gasteiger partial charge in [-0.2, -0.15) is 11.3 Å². The lowest BCUT2D eigenvalue weighted by molar-refractivity contribution is -0.0196. The summed E-state index contributed by atoms with van der Waals surface area (Å²) < 4.78 is 0. The fourth-order valence-corrected chi connectivity index (χ4v) is 3.35. The summed E-state index contributed by atoms with van der Waals surface area (Å²) >= 11 is 1.68. The minimum atomic E-state index is -0.522. The van der Waals surface area contributed by atoms with Crippen LogP contribution in [0.1, 0.15) is 45.1 Å². The van der Waals surface area contributed by atoms with Gasteiger partial charge in [-0.05, 0) is 59.9 Å². The molecule has 1 aromatic heterocycles. The molecule has 1 N–H and O–H groups in total. The Bertz CT molecular complexity index is 294. The molecule has 1 nitrogen and oxygen atoms in total. The number of hydrogen-bond acceptors (Lipinski definition) is 2. The SMILES string of the molecule is CC(C)C1CCC(O)(c2ccsc2)CC1. The standard InChI is InChI=1S/C13H20OS/c1-10(2)11-3-6-13(14,7-4-11)12-5-8-15-9-12/h5,8-11,14H,3-4,6-7H2,1-2H3. The molecule has 0 amide bonds. The normalized spacial score (nSPS) is 32.1. The Kier molecular flexibility index (Phi) is 3.17. The highest BCUT2D eigenvalue weighted by Gasteiger charge is 2.35. The van der Waals surface area contributed by atoms with E-state index in [1.165, 1.54) is 12.8 Å². The Morgan fingerprint density at radius 2 is 2.07 bits per heavy atom. The van der Waals surface area contributed by atoms with Gasteiger partial charge in [-0.3, -0.25) is 0 Å². The van der Waals surface area contributed by atoms with Crippen LogP contribution in [0.4, 0.5) is 0 Å². The van der Waals surface area contributed by atoms with Gasteiger partial charge in [0.25, 0.3) is 0 Å². The van der Waals surface area contributed by atoms with E-state index in [1.54, 1.807) is 11.3 Å². The van der Waals surface area contributed by atoms with Gasteiger partial charge in [0.2, 0.25) is 0 Å². The Labute approximate surface area is 96.1 Å². The minimum Gasteiger partial charge on any atom is -0.385 e. The summed E-state index contributed by atoms with van der Waals surface area (Å²) in [6.45, 7) is 4.58. The van der Waals surface area contributed by atoms with Gasteiger partial charge >= 0.3 is 0 Å². The van der Waals surface area contributed by atoms with Crippen molar-refractivity contribution in [3.05, 3.63) is 22.4 Å². The summed E-state index contributed by atoms with van der Waals surface area (Å²) in [5.41, 5.74) is 0.612. The van der Waals surface area contributed by atoms with Crippen LogP contribution in [0.5, 0.6) is 0 Å². The predicted octanol–water partition coefficient (Wildman–Crippen LogP) is 3.78. The summed E-state index contributed by atoms with van der Waals surface area (Å²) in [4.78, 5) is 0. The molecule has 1 aliphatic rings. The molecule has 2 heteroatoms. The first-order chi connectivity index (χ1) is 7.12. The first kappa shape index (κ1) is 11.2. The van der Waals surface area contributed by atoms with E-state index in [0.29, 0.717) is 0 Å². The Morgan fingerprint density at radius 3 is 2.53 bits per heavy atom. The first-order valence-electron chi connectivity index (χ1n) is 5.87. The topological polar surface area (TPSA) is 20.2 Å². The summed E-state index contributed by atoms with van der Waals surface area (Å²) in [6, 6.07) is 2.07. The van der Waals surface area contributed by atoms with Gasteiger partial charge < -0.3 is 5.11 Å². The molecule has 1 saturated carbocycles. The van der Waals surface area contributed by atoms with Gasteiger partial charge in [-0.1, -0.05) is 13.8 Å². The van der Waals surface area contributed by atoms with Gasteiger partial charge in [0.05, 0.1) is 5.60 Å². The van der Waals surface area contributed by atoms with Crippen molar-refractivity contribution in [3.8, 4) is 0 Å². The molecular weight excluding hydrogens is 204 g/mol. The van der Waals surface area contributed by atoms with Crippen molar-refractivity contribution >= 4 is 11.3 Å². The molecule has 1 aliphatic carbocycles. The summed E-state index contributed by atoms with van der Waals surface area (Å²) in [5.74, 6) is 1.57. The molecule has 0 aromatic carbocycles. The average molecular weight is 224 g/mol. The second-order valence-electron chi connectivity index (χ2n) is 5.13. The van der Waals surface area contributed by atoms with E-state index in [0.717, 1.165) is 30.2 Å². The zero-order valence-corrected chi connectivity index (χ0v) is 10.4. The van der Waals surface area contributed by atoms with Crippen LogP contribution in [0.2, 0.25) is 0 Å². The summed E-state index contributed by atoms with van der Waals surface area (Å²) in [6.07, 6.45) is 4.22. The predicted molar refractivity (Wildman–Crippen MR) is 65.0 cm³/mol. The van der Waals surface area contributed by atoms with E-state index in [4.69, 9.17) is 0 Å². The molecule has 0 spiro atoms. The number of aliphatic hydroxyl groups is 1. The number of hydrogen-bond donors (Lipinski definition) is 1. The molecule has 84 valence electrons. The van der Waals surface area contributed by atoms with Crippen molar-refractivity contribution in [2.75, 3.05) is 0 Å². The van der Waals surface area contributed by atoms with E-state index in [2.05, 4.69) is 30.7 Å². The molecule has 0 radical (unpaired) electrons. The third kappa shape index (κ3) is 2.26. The van der Waals surface area contributed by atoms with Gasteiger partial charge in [0.1, 0.15) is 0 Å². The number of rotatable bonds is 2. The maximum atomic E-state index is 10.5. The maximum absolute atomic E-state index is 10.5. The molecule has 15 heavy (non-hydrogen) atoms. The molecular formula is C13H20OS. The molecule has 0 saturated heterocycles. The Balaban J connectivity index is 2.03. The Morgan fingerprint density at radius 1 is 1.40 bits per heavy atom. The van der Waals surface area contributed by atoms with Crippen LogP contribution >= 0.6 is 11.3 Å². The highest BCUT2D eigenvalue weighted by molar-refractivity contribution is 7.08. The molecule has 0 unspecified atom stereocenters. The molecule has 2 rings (SSSR count). The molecule has 0 aliphatic heterocycles. The quantitative estimate of drug-likeness (QED) is 0.810. The van der Waals surface area contributed by atoms with Crippen LogP contribution in [0.15, 0.2) is 16.8 Å². The van der Waals surface area contributed by atoms with Crippen LogP contribution < -0.4 is 0 Å². The highest BCUT2D eigenvalue weighted by atomic mass is 32.1. The highest BCUT2D eigenvalue weighted by Crippen LogP contribution is 2.42. The van der Waals surface area contributed by atoms with Crippen molar-refractivity contribution in [1.82, 2.24) is 0 Å². The minimum absolute atomic E-state index is 0.522. The zero-order chi connectivity index (χ0) is 10.9. The summed E-state index contributed by atoms with van der Waals surface area (Å²) in [7, 11) is 0. The average Bonchev–Trinajstić information content (AvgIpc) is 2.71. The smallest absolute Gasteiger partial charge is 0.0904 e. The van der Waals surface area contributed by atoms with E-state index in [1.807, 2.05) is 0 Å². The van der Waals surface area contributed by atoms with Crippen molar-refractivity contribution < 1.29 is 5.11 Å². The van der Waals surface area contributed by atoms with Gasteiger partial charge in [-0.25, -0.2) is 0 Å². The van der Waals surface area contributed by atoms with Crippen LogP contribution in [-0.2, 0) is 5.60 Å². The fourth-order valence-electron chi connectivity index (χ4n) is 2.60. The molecule has 1 fully saturated rings. The van der Waals surface area contributed by atoms with Crippen LogP contribution in [0.25, 0.3) is 0 Å². The maximum Gasteiger partial charge on any atom is 0.0904 e. The molecule has 0 atom stereocenters. The van der Waals surface area contributed by atoms with Crippen molar-refractivity contribution in [1.29, 1.82) is 0 Å². The van der Waals surface area contributed by atoms with Crippen molar-refractivity contribution in [2.45, 2.75) is 45.1 Å². The summed E-state index contributed by atoms with van der Waals surface area (Å²) in [5, 5.41) is 14.7. The van der Waals surface area contributed by atoms with Gasteiger partial charge in [0.15, 0.2) is 0 Å². The van der Waals surface area contributed by atoms with E-state index in [-0.39, 0.29) is 0 Å². The van der Waals surface area contributed by atoms with Gasteiger partial charge in [-0.15, -0.1) is 0 Å². The zero-order valence-electron chi connectivity index (χ0n) is 9.57.